The van der Waals surface area contributed by atoms with Gasteiger partial charge in [0.15, 0.2) is 0 Å². The lowest BCUT2D eigenvalue weighted by atomic mass is 9.99. The summed E-state index contributed by atoms with van der Waals surface area (Å²) in [5, 5.41) is 12.8. The van der Waals surface area contributed by atoms with Crippen LogP contribution in [0.25, 0.3) is 0 Å². The second-order valence-corrected chi connectivity index (χ2v) is 6.02. The molecule has 1 unspecified atom stereocenters. The molecule has 1 N–H and O–H groups in total. The largest absolute Gasteiger partial charge is 0.358 e. The van der Waals surface area contributed by atoms with Gasteiger partial charge in [0.2, 0.25) is 0 Å². The molecule has 0 radical (unpaired) electrons. The van der Waals surface area contributed by atoms with Gasteiger partial charge >= 0.3 is 0 Å². The van der Waals surface area contributed by atoms with Crippen LogP contribution in [0.15, 0.2) is 6.07 Å². The van der Waals surface area contributed by atoms with Crippen molar-refractivity contribution >= 4 is 5.82 Å². The van der Waals surface area contributed by atoms with E-state index in [0.29, 0.717) is 5.92 Å². The molecule has 2 aliphatic rings. The molecule has 0 bridgehead atoms. The van der Waals surface area contributed by atoms with Gasteiger partial charge < -0.3 is 10.2 Å². The molecule has 4 heteroatoms. The van der Waals surface area contributed by atoms with Crippen LogP contribution in [0.3, 0.4) is 0 Å². The fourth-order valence-corrected chi connectivity index (χ4v) is 3.39. The van der Waals surface area contributed by atoms with Crippen LogP contribution in [-0.2, 0) is 12.8 Å². The van der Waals surface area contributed by atoms with Crippen LogP contribution in [0, 0.1) is 17.2 Å². The van der Waals surface area contributed by atoms with E-state index in [1.54, 1.807) is 0 Å². The first-order valence-electron chi connectivity index (χ1n) is 7.62. The zero-order valence-corrected chi connectivity index (χ0v) is 12.2. The maximum Gasteiger partial charge on any atom is 0.146 e. The Morgan fingerprint density at radius 1 is 1.45 bits per heavy atom. The Bertz CT molecular complexity index is 526. The molecule has 106 valence electrons. The first kappa shape index (κ1) is 13.4. The summed E-state index contributed by atoms with van der Waals surface area (Å²) in [6.45, 7) is 3.20. The minimum atomic E-state index is 0.662. The Balaban J connectivity index is 1.79. The van der Waals surface area contributed by atoms with Crippen molar-refractivity contribution in [3.05, 3.63) is 22.9 Å². The van der Waals surface area contributed by atoms with Gasteiger partial charge in [0.05, 0.1) is 5.56 Å². The third-order valence-corrected chi connectivity index (χ3v) is 4.44. The lowest BCUT2D eigenvalue weighted by Crippen LogP contribution is -2.37. The first-order chi connectivity index (χ1) is 9.78. The number of nitrogens with zero attached hydrogens (tertiary/aromatic N) is 3. The maximum absolute atomic E-state index is 9.38. The third kappa shape index (κ3) is 2.64. The number of fused-ring (bicyclic) bond motifs is 1. The van der Waals surface area contributed by atoms with Gasteiger partial charge in [-0.3, -0.25) is 0 Å². The number of pyridine rings is 1. The van der Waals surface area contributed by atoms with Crippen LogP contribution in [0.4, 0.5) is 5.82 Å². The highest BCUT2D eigenvalue weighted by molar-refractivity contribution is 5.56. The summed E-state index contributed by atoms with van der Waals surface area (Å²) in [4.78, 5) is 6.95. The van der Waals surface area contributed by atoms with Crippen LogP contribution in [0.1, 0.15) is 36.1 Å². The highest BCUT2D eigenvalue weighted by Crippen LogP contribution is 2.27. The minimum Gasteiger partial charge on any atom is -0.358 e. The molecular formula is C16H22N4. The number of piperidine rings is 1. The molecule has 1 saturated heterocycles. The van der Waals surface area contributed by atoms with E-state index in [9.17, 15) is 5.26 Å². The van der Waals surface area contributed by atoms with Gasteiger partial charge in [0, 0.05) is 19.3 Å². The number of rotatable bonds is 3. The molecule has 20 heavy (non-hydrogen) atoms. The Labute approximate surface area is 120 Å². The van der Waals surface area contributed by atoms with Gasteiger partial charge in [-0.1, -0.05) is 0 Å². The molecule has 1 aliphatic heterocycles. The number of hydrogen-bond donors (Lipinski definition) is 1. The Morgan fingerprint density at radius 2 is 2.35 bits per heavy atom. The monoisotopic (exact) mass is 270 g/mol. The van der Waals surface area contributed by atoms with Gasteiger partial charge in [-0.2, -0.15) is 5.26 Å². The molecule has 1 aromatic heterocycles. The fourth-order valence-electron chi connectivity index (χ4n) is 3.39. The fraction of sp³-hybridized carbons (Fsp3) is 0.625. The van der Waals surface area contributed by atoms with Crippen molar-refractivity contribution in [3.63, 3.8) is 0 Å². The molecule has 1 atom stereocenters. The summed E-state index contributed by atoms with van der Waals surface area (Å²) >= 11 is 0. The molecule has 0 saturated carbocycles. The van der Waals surface area contributed by atoms with Crippen molar-refractivity contribution in [2.75, 3.05) is 31.6 Å². The van der Waals surface area contributed by atoms with Gasteiger partial charge in [-0.05, 0) is 62.7 Å². The number of anilines is 1. The van der Waals surface area contributed by atoms with Gasteiger partial charge in [0.1, 0.15) is 11.9 Å². The number of hydrogen-bond acceptors (Lipinski definition) is 4. The van der Waals surface area contributed by atoms with Gasteiger partial charge in [0.25, 0.3) is 0 Å². The van der Waals surface area contributed by atoms with Crippen molar-refractivity contribution < 1.29 is 0 Å². The highest BCUT2D eigenvalue weighted by Gasteiger charge is 2.21. The van der Waals surface area contributed by atoms with Crippen LogP contribution in [0.2, 0.25) is 0 Å². The number of nitriles is 1. The number of aryl methyl sites for hydroxylation is 2. The molecule has 1 fully saturated rings. The molecule has 1 aliphatic carbocycles. The molecule has 4 nitrogen and oxygen atoms in total. The average molecular weight is 270 g/mol. The van der Waals surface area contributed by atoms with E-state index in [1.165, 1.54) is 30.5 Å². The molecule has 2 heterocycles. The van der Waals surface area contributed by atoms with E-state index in [0.717, 1.165) is 43.9 Å². The zero-order valence-electron chi connectivity index (χ0n) is 12.2. The second kappa shape index (κ2) is 5.80. The van der Waals surface area contributed by atoms with E-state index < -0.39 is 0 Å². The van der Waals surface area contributed by atoms with Gasteiger partial charge in [-0.15, -0.1) is 0 Å². The lowest BCUT2D eigenvalue weighted by Gasteiger charge is -2.29. The van der Waals surface area contributed by atoms with Crippen molar-refractivity contribution in [2.24, 2.45) is 5.92 Å². The lowest BCUT2D eigenvalue weighted by molar-refractivity contribution is 0.380. The smallest absolute Gasteiger partial charge is 0.146 e. The second-order valence-electron chi connectivity index (χ2n) is 6.02. The predicted octanol–water partition coefficient (Wildman–Crippen LogP) is 1.88. The Morgan fingerprint density at radius 3 is 3.10 bits per heavy atom. The van der Waals surface area contributed by atoms with Crippen molar-refractivity contribution in [3.8, 4) is 6.07 Å². The van der Waals surface area contributed by atoms with E-state index in [1.807, 2.05) is 0 Å². The van der Waals surface area contributed by atoms with Crippen molar-refractivity contribution in [1.29, 1.82) is 5.26 Å². The van der Waals surface area contributed by atoms with Crippen molar-refractivity contribution in [2.45, 2.75) is 32.1 Å². The summed E-state index contributed by atoms with van der Waals surface area (Å²) in [6, 6.07) is 4.38. The van der Waals surface area contributed by atoms with E-state index >= 15 is 0 Å². The summed E-state index contributed by atoms with van der Waals surface area (Å²) in [5.41, 5.74) is 3.21. The SMILES string of the molecule is CN(CC1CCCNC1)c1nc2c(cc1C#N)CCC2. The molecule has 0 amide bonds. The maximum atomic E-state index is 9.38. The Kier molecular flexibility index (Phi) is 3.88. The normalized spacial score (nSPS) is 21.3. The summed E-state index contributed by atoms with van der Waals surface area (Å²) in [7, 11) is 2.07. The average Bonchev–Trinajstić information content (AvgIpc) is 2.94. The topological polar surface area (TPSA) is 52.0 Å². The van der Waals surface area contributed by atoms with Crippen LogP contribution in [0.5, 0.6) is 0 Å². The van der Waals surface area contributed by atoms with Gasteiger partial charge in [-0.25, -0.2) is 4.98 Å². The highest BCUT2D eigenvalue weighted by atomic mass is 15.2. The molecule has 0 aromatic carbocycles. The summed E-state index contributed by atoms with van der Waals surface area (Å²) in [5.74, 6) is 1.54. The Hall–Kier alpha value is -1.60. The first-order valence-corrected chi connectivity index (χ1v) is 7.62. The van der Waals surface area contributed by atoms with Crippen molar-refractivity contribution in [1.82, 2.24) is 10.3 Å². The van der Waals surface area contributed by atoms with Crippen LogP contribution in [-0.4, -0.2) is 31.7 Å². The number of aromatic nitrogens is 1. The predicted molar refractivity (Wildman–Crippen MR) is 79.8 cm³/mol. The minimum absolute atomic E-state index is 0.662. The molecular weight excluding hydrogens is 248 g/mol. The van der Waals surface area contributed by atoms with Crippen LogP contribution >= 0.6 is 0 Å². The quantitative estimate of drug-likeness (QED) is 0.911. The molecule has 3 rings (SSSR count). The van der Waals surface area contributed by atoms with E-state index in [2.05, 4.69) is 29.4 Å². The number of nitrogens with one attached hydrogen (secondary N) is 1. The summed E-state index contributed by atoms with van der Waals surface area (Å²) in [6.07, 6.45) is 5.83. The standard InChI is InChI=1S/C16H22N4/c1-20(11-12-4-3-7-18-10-12)16-14(9-17)8-13-5-2-6-15(13)19-16/h8,12,18H,2-7,10-11H2,1H3. The van der Waals surface area contributed by atoms with E-state index in [4.69, 9.17) is 4.98 Å². The van der Waals surface area contributed by atoms with E-state index in [-0.39, 0.29) is 0 Å². The molecule has 1 aromatic rings. The van der Waals surface area contributed by atoms with Crippen LogP contribution < -0.4 is 10.2 Å². The summed E-state index contributed by atoms with van der Waals surface area (Å²) < 4.78 is 0. The molecule has 0 spiro atoms. The third-order valence-electron chi connectivity index (χ3n) is 4.44. The zero-order chi connectivity index (χ0) is 13.9.